The summed E-state index contributed by atoms with van der Waals surface area (Å²) in [6.45, 7) is 0.411. The molecule has 0 heterocycles. The highest BCUT2D eigenvalue weighted by molar-refractivity contribution is 6.27. The van der Waals surface area contributed by atoms with Crippen LogP contribution in [0.3, 0.4) is 0 Å². The van der Waals surface area contributed by atoms with E-state index >= 15 is 0 Å². The average molecular weight is 344 g/mol. The number of allylic oxidation sites excluding steroid dienone is 2. The van der Waals surface area contributed by atoms with E-state index in [1.165, 1.54) is 12.2 Å². The predicted octanol–water partition coefficient (Wildman–Crippen LogP) is 4.36. The average Bonchev–Trinajstić information content (AvgIpc) is 2.68. The Balaban J connectivity index is 1.79. The summed E-state index contributed by atoms with van der Waals surface area (Å²) >= 11 is 0. The van der Waals surface area contributed by atoms with E-state index in [4.69, 9.17) is 9.47 Å². The molecule has 4 heteroatoms. The zero-order chi connectivity index (χ0) is 18.1. The van der Waals surface area contributed by atoms with Crippen LogP contribution in [0.2, 0.25) is 0 Å². The maximum atomic E-state index is 12.3. The third kappa shape index (κ3) is 2.65. The number of rotatable bonds is 4. The van der Waals surface area contributed by atoms with Gasteiger partial charge in [-0.05, 0) is 47.4 Å². The lowest BCUT2D eigenvalue weighted by molar-refractivity contribution is 0.0995. The number of methoxy groups -OCH3 is 1. The Labute approximate surface area is 150 Å². The van der Waals surface area contributed by atoms with Crippen molar-refractivity contribution in [1.82, 2.24) is 0 Å². The first-order chi connectivity index (χ1) is 12.7. The molecule has 3 aromatic carbocycles. The van der Waals surface area contributed by atoms with Gasteiger partial charge in [0.2, 0.25) is 0 Å². The molecule has 0 saturated carbocycles. The summed E-state index contributed by atoms with van der Waals surface area (Å²) in [5.41, 5.74) is 1.89. The van der Waals surface area contributed by atoms with Crippen molar-refractivity contribution in [3.8, 4) is 11.5 Å². The van der Waals surface area contributed by atoms with Crippen LogP contribution in [-0.4, -0.2) is 18.7 Å². The quantitative estimate of drug-likeness (QED) is 0.705. The third-order valence-electron chi connectivity index (χ3n) is 4.45. The van der Waals surface area contributed by atoms with Crippen LogP contribution in [0.1, 0.15) is 26.3 Å². The molecule has 4 rings (SSSR count). The molecule has 1 aliphatic rings. The molecule has 0 atom stereocenters. The van der Waals surface area contributed by atoms with Crippen LogP contribution in [0.25, 0.3) is 10.8 Å². The van der Waals surface area contributed by atoms with Gasteiger partial charge in [-0.3, -0.25) is 9.59 Å². The zero-order valence-corrected chi connectivity index (χ0v) is 14.2. The van der Waals surface area contributed by atoms with Gasteiger partial charge in [0, 0.05) is 16.5 Å². The molecule has 0 unspecified atom stereocenters. The Morgan fingerprint density at radius 1 is 0.808 bits per heavy atom. The molecule has 0 amide bonds. The van der Waals surface area contributed by atoms with Gasteiger partial charge in [0.1, 0.15) is 6.61 Å². The van der Waals surface area contributed by atoms with Crippen LogP contribution in [0.5, 0.6) is 11.5 Å². The fourth-order valence-electron chi connectivity index (χ4n) is 3.21. The van der Waals surface area contributed by atoms with E-state index in [0.29, 0.717) is 34.6 Å². The van der Waals surface area contributed by atoms with Gasteiger partial charge >= 0.3 is 0 Å². The minimum atomic E-state index is -0.176. The lowest BCUT2D eigenvalue weighted by Crippen LogP contribution is -2.12. The molecule has 0 radical (unpaired) electrons. The lowest BCUT2D eigenvalue weighted by atomic mass is 9.89. The van der Waals surface area contributed by atoms with Crippen molar-refractivity contribution in [3.05, 3.63) is 83.4 Å². The van der Waals surface area contributed by atoms with Crippen molar-refractivity contribution in [2.24, 2.45) is 0 Å². The lowest BCUT2D eigenvalue weighted by Gasteiger charge is -2.17. The van der Waals surface area contributed by atoms with Crippen molar-refractivity contribution >= 4 is 22.3 Å². The Kier molecular flexibility index (Phi) is 4.01. The molecule has 0 saturated heterocycles. The monoisotopic (exact) mass is 344 g/mol. The zero-order valence-electron chi connectivity index (χ0n) is 14.2. The molecule has 1 aliphatic carbocycles. The Morgan fingerprint density at radius 3 is 2.31 bits per heavy atom. The molecule has 0 bridgehead atoms. The predicted molar refractivity (Wildman–Crippen MR) is 99.1 cm³/mol. The van der Waals surface area contributed by atoms with E-state index in [1.807, 2.05) is 30.3 Å². The molecule has 0 fully saturated rings. The van der Waals surface area contributed by atoms with Gasteiger partial charge in [-0.25, -0.2) is 0 Å². The van der Waals surface area contributed by atoms with Gasteiger partial charge in [0.05, 0.1) is 7.11 Å². The first-order valence-electron chi connectivity index (χ1n) is 8.26. The summed E-state index contributed by atoms with van der Waals surface area (Å²) in [5.74, 6) is 0.806. The SMILES string of the molecule is COc1c(OCc2ccccc2)ccc2c3c(ccc12)C(=O)C=CC3=O. The highest BCUT2D eigenvalue weighted by atomic mass is 16.5. The van der Waals surface area contributed by atoms with Gasteiger partial charge in [-0.15, -0.1) is 0 Å². The molecule has 0 N–H and O–H groups in total. The molecule has 26 heavy (non-hydrogen) atoms. The molecule has 3 aromatic rings. The van der Waals surface area contributed by atoms with E-state index in [0.717, 1.165) is 10.9 Å². The van der Waals surface area contributed by atoms with Crippen LogP contribution in [0, 0.1) is 0 Å². The molecule has 0 aliphatic heterocycles. The number of ether oxygens (including phenoxy) is 2. The van der Waals surface area contributed by atoms with Crippen LogP contribution in [0.4, 0.5) is 0 Å². The molecule has 4 nitrogen and oxygen atoms in total. The number of hydrogen-bond donors (Lipinski definition) is 0. The molecule has 0 spiro atoms. The number of carbonyl (C=O) groups is 2. The van der Waals surface area contributed by atoms with Crippen LogP contribution in [0.15, 0.2) is 66.7 Å². The first kappa shape index (κ1) is 16.1. The number of hydrogen-bond acceptors (Lipinski definition) is 4. The molecule has 0 aromatic heterocycles. The van der Waals surface area contributed by atoms with Crippen LogP contribution >= 0.6 is 0 Å². The van der Waals surface area contributed by atoms with Crippen molar-refractivity contribution in [2.45, 2.75) is 6.61 Å². The number of carbonyl (C=O) groups excluding carboxylic acids is 2. The number of benzene rings is 3. The van der Waals surface area contributed by atoms with Crippen molar-refractivity contribution in [1.29, 1.82) is 0 Å². The van der Waals surface area contributed by atoms with Crippen LogP contribution < -0.4 is 9.47 Å². The summed E-state index contributed by atoms with van der Waals surface area (Å²) in [5, 5.41) is 1.43. The maximum absolute atomic E-state index is 12.3. The van der Waals surface area contributed by atoms with E-state index in [2.05, 4.69) is 0 Å². The Bertz CT molecular complexity index is 1050. The number of ketones is 2. The van der Waals surface area contributed by atoms with E-state index in [9.17, 15) is 9.59 Å². The third-order valence-corrected chi connectivity index (χ3v) is 4.45. The Morgan fingerprint density at radius 2 is 1.54 bits per heavy atom. The van der Waals surface area contributed by atoms with Gasteiger partial charge < -0.3 is 9.47 Å². The molecular formula is C22H16O4. The topological polar surface area (TPSA) is 52.6 Å². The normalized spacial score (nSPS) is 13.0. The fourth-order valence-corrected chi connectivity index (χ4v) is 3.21. The van der Waals surface area contributed by atoms with Gasteiger partial charge in [0.25, 0.3) is 0 Å². The summed E-state index contributed by atoms with van der Waals surface area (Å²) in [6, 6.07) is 16.9. The summed E-state index contributed by atoms with van der Waals surface area (Å²) in [7, 11) is 1.57. The van der Waals surface area contributed by atoms with Gasteiger partial charge in [-0.1, -0.05) is 30.3 Å². The van der Waals surface area contributed by atoms with Crippen LogP contribution in [-0.2, 0) is 6.61 Å². The second-order valence-electron chi connectivity index (χ2n) is 6.02. The summed E-state index contributed by atoms with van der Waals surface area (Å²) in [4.78, 5) is 24.4. The van der Waals surface area contributed by atoms with E-state index in [-0.39, 0.29) is 11.6 Å². The highest BCUT2D eigenvalue weighted by Crippen LogP contribution is 2.39. The standard InChI is InChI=1S/C22H16O4/c1-25-22-16-7-8-17-18(23)10-11-19(24)21(17)15(16)9-12-20(22)26-13-14-5-3-2-4-6-14/h2-12H,13H2,1H3. The fraction of sp³-hybridized carbons (Fsp3) is 0.0909. The Hall–Kier alpha value is -3.40. The molecular weight excluding hydrogens is 328 g/mol. The molecule has 128 valence electrons. The van der Waals surface area contributed by atoms with E-state index < -0.39 is 0 Å². The smallest absolute Gasteiger partial charge is 0.187 e. The second kappa shape index (κ2) is 6.48. The largest absolute Gasteiger partial charge is 0.492 e. The van der Waals surface area contributed by atoms with Crippen molar-refractivity contribution < 1.29 is 19.1 Å². The maximum Gasteiger partial charge on any atom is 0.187 e. The van der Waals surface area contributed by atoms with Gasteiger partial charge in [-0.2, -0.15) is 0 Å². The minimum Gasteiger partial charge on any atom is -0.492 e. The summed E-state index contributed by atoms with van der Waals surface area (Å²) in [6.07, 6.45) is 2.63. The minimum absolute atomic E-state index is 0.162. The van der Waals surface area contributed by atoms with Crippen molar-refractivity contribution in [3.63, 3.8) is 0 Å². The highest BCUT2D eigenvalue weighted by Gasteiger charge is 2.23. The van der Waals surface area contributed by atoms with Gasteiger partial charge in [0.15, 0.2) is 23.1 Å². The number of fused-ring (bicyclic) bond motifs is 3. The second-order valence-corrected chi connectivity index (χ2v) is 6.02. The van der Waals surface area contributed by atoms with Crippen molar-refractivity contribution in [2.75, 3.05) is 7.11 Å². The van der Waals surface area contributed by atoms with E-state index in [1.54, 1.807) is 31.4 Å². The summed E-state index contributed by atoms with van der Waals surface area (Å²) < 4.78 is 11.5. The first-order valence-corrected chi connectivity index (χ1v) is 8.26.